The third-order valence-corrected chi connectivity index (χ3v) is 6.77. The van der Waals surface area contributed by atoms with Crippen LogP contribution in [-0.4, -0.2) is 89.4 Å². The highest BCUT2D eigenvalue weighted by Gasteiger charge is 2.35. The first kappa shape index (κ1) is 20.2. The summed E-state index contributed by atoms with van der Waals surface area (Å²) in [7, 11) is 0. The van der Waals surface area contributed by atoms with Gasteiger partial charge in [0.05, 0.1) is 11.4 Å². The van der Waals surface area contributed by atoms with Crippen LogP contribution in [0.3, 0.4) is 0 Å². The molecule has 7 nitrogen and oxygen atoms in total. The molecule has 0 bridgehead atoms. The number of amides is 3. The summed E-state index contributed by atoms with van der Waals surface area (Å²) in [5.74, 6) is -0.518. The highest BCUT2D eigenvalue weighted by atomic mass is 32.2. The molecule has 0 unspecified atom stereocenters. The maximum absolute atomic E-state index is 14.0. The van der Waals surface area contributed by atoms with E-state index >= 15 is 0 Å². The zero-order valence-corrected chi connectivity index (χ0v) is 17.1. The van der Waals surface area contributed by atoms with E-state index < -0.39 is 0 Å². The maximum atomic E-state index is 14.0. The molecule has 1 aromatic rings. The van der Waals surface area contributed by atoms with Crippen LogP contribution in [0.15, 0.2) is 24.3 Å². The molecular formula is C20H25FN4O3S. The molecule has 0 N–H and O–H groups in total. The highest BCUT2D eigenvalue weighted by Crippen LogP contribution is 2.24. The van der Waals surface area contributed by atoms with E-state index in [2.05, 4.69) is 9.80 Å². The lowest BCUT2D eigenvalue weighted by atomic mass is 10.0. The van der Waals surface area contributed by atoms with E-state index in [1.807, 2.05) is 12.1 Å². The van der Waals surface area contributed by atoms with Gasteiger partial charge in [0.15, 0.2) is 0 Å². The molecule has 3 aliphatic rings. The van der Waals surface area contributed by atoms with Crippen molar-refractivity contribution in [3.8, 4) is 0 Å². The summed E-state index contributed by atoms with van der Waals surface area (Å²) in [6.45, 7) is 4.26. The van der Waals surface area contributed by atoms with Gasteiger partial charge in [-0.15, -0.1) is 0 Å². The number of anilines is 1. The van der Waals surface area contributed by atoms with Gasteiger partial charge in [-0.25, -0.2) is 4.39 Å². The van der Waals surface area contributed by atoms with Crippen LogP contribution < -0.4 is 4.90 Å². The molecule has 0 aromatic heterocycles. The molecule has 1 atom stereocenters. The number of piperazine rings is 1. The predicted octanol–water partition coefficient (Wildman–Crippen LogP) is 1.63. The molecule has 0 spiro atoms. The van der Waals surface area contributed by atoms with Crippen LogP contribution in [0.5, 0.6) is 0 Å². The third-order valence-electron chi connectivity index (χ3n) is 5.91. The van der Waals surface area contributed by atoms with Crippen LogP contribution in [0.2, 0.25) is 0 Å². The monoisotopic (exact) mass is 420 g/mol. The fourth-order valence-electron chi connectivity index (χ4n) is 4.28. The number of benzene rings is 1. The largest absolute Gasteiger partial charge is 0.367 e. The van der Waals surface area contributed by atoms with Crippen molar-refractivity contribution in [1.29, 1.82) is 0 Å². The van der Waals surface area contributed by atoms with Crippen molar-refractivity contribution < 1.29 is 18.8 Å². The SMILES string of the molecule is O=C(CN1C(=O)CSC1=O)N1CCC[C@@H](N2CCN(c3ccccc3F)CC2)C1. The number of halogens is 1. The van der Waals surface area contributed by atoms with Gasteiger partial charge in [0.25, 0.3) is 5.24 Å². The molecule has 29 heavy (non-hydrogen) atoms. The van der Waals surface area contributed by atoms with Gasteiger partial charge < -0.3 is 9.80 Å². The van der Waals surface area contributed by atoms with Crippen LogP contribution >= 0.6 is 11.8 Å². The molecule has 0 saturated carbocycles. The van der Waals surface area contributed by atoms with E-state index in [-0.39, 0.29) is 41.2 Å². The molecule has 4 rings (SSSR count). The Hall–Kier alpha value is -2.13. The van der Waals surface area contributed by atoms with Gasteiger partial charge in [-0.1, -0.05) is 23.9 Å². The number of hydrogen-bond acceptors (Lipinski definition) is 6. The van der Waals surface area contributed by atoms with Crippen LogP contribution in [0.4, 0.5) is 14.9 Å². The number of thioether (sulfide) groups is 1. The zero-order valence-electron chi connectivity index (χ0n) is 16.3. The van der Waals surface area contributed by atoms with Crippen LogP contribution in [0.1, 0.15) is 12.8 Å². The number of rotatable bonds is 4. The number of piperidine rings is 1. The lowest BCUT2D eigenvalue weighted by Crippen LogP contribution is -2.56. The van der Waals surface area contributed by atoms with Gasteiger partial charge in [0, 0.05) is 45.3 Å². The Morgan fingerprint density at radius 2 is 1.86 bits per heavy atom. The molecule has 156 valence electrons. The first-order valence-corrected chi connectivity index (χ1v) is 11.0. The molecule has 3 aliphatic heterocycles. The molecule has 3 fully saturated rings. The second-order valence-corrected chi connectivity index (χ2v) is 8.57. The Morgan fingerprint density at radius 3 is 2.55 bits per heavy atom. The van der Waals surface area contributed by atoms with Gasteiger partial charge in [0.1, 0.15) is 12.4 Å². The highest BCUT2D eigenvalue weighted by molar-refractivity contribution is 8.14. The minimum Gasteiger partial charge on any atom is -0.367 e. The van der Waals surface area contributed by atoms with Crippen molar-refractivity contribution in [2.24, 2.45) is 0 Å². The molecule has 3 amide bonds. The number of nitrogens with zero attached hydrogens (tertiary/aromatic N) is 4. The lowest BCUT2D eigenvalue weighted by Gasteiger charge is -2.44. The minimum absolute atomic E-state index is 0.126. The van der Waals surface area contributed by atoms with Gasteiger partial charge in [-0.3, -0.25) is 24.2 Å². The predicted molar refractivity (Wildman–Crippen MR) is 109 cm³/mol. The van der Waals surface area contributed by atoms with Crippen LogP contribution in [-0.2, 0) is 9.59 Å². The zero-order chi connectivity index (χ0) is 20.4. The maximum Gasteiger partial charge on any atom is 0.289 e. The van der Waals surface area contributed by atoms with E-state index in [9.17, 15) is 18.8 Å². The van der Waals surface area contributed by atoms with Crippen molar-refractivity contribution in [2.75, 3.05) is 56.5 Å². The third kappa shape index (κ3) is 4.40. The van der Waals surface area contributed by atoms with E-state index in [4.69, 9.17) is 0 Å². The normalized spacial score (nSPS) is 23.8. The number of carbonyl (C=O) groups excluding carboxylic acids is 3. The van der Waals surface area contributed by atoms with Gasteiger partial charge in [-0.2, -0.15) is 0 Å². The van der Waals surface area contributed by atoms with E-state index in [0.29, 0.717) is 18.8 Å². The summed E-state index contributed by atoms with van der Waals surface area (Å²) >= 11 is 0.952. The standard InChI is InChI=1S/C20H25FN4O3S/c21-16-5-1-2-6-17(16)23-10-8-22(9-11-23)15-4-3-7-24(12-15)18(26)13-25-19(27)14-29-20(25)28/h1-2,5-6,15H,3-4,7-14H2/t15-/m1/s1. The summed E-state index contributed by atoms with van der Waals surface area (Å²) < 4.78 is 14.0. The molecule has 3 heterocycles. The summed E-state index contributed by atoms with van der Waals surface area (Å²) in [6, 6.07) is 7.11. The van der Waals surface area contributed by atoms with E-state index in [1.165, 1.54) is 6.07 Å². The number of hydrogen-bond donors (Lipinski definition) is 0. The Labute approximate surface area is 173 Å². The Balaban J connectivity index is 1.31. The van der Waals surface area contributed by atoms with Crippen LogP contribution in [0.25, 0.3) is 0 Å². The molecular weight excluding hydrogens is 395 g/mol. The van der Waals surface area contributed by atoms with E-state index in [0.717, 1.165) is 55.7 Å². The fourth-order valence-corrected chi connectivity index (χ4v) is 5.01. The number of carbonyl (C=O) groups is 3. The Bertz CT molecular complexity index is 784. The summed E-state index contributed by atoms with van der Waals surface area (Å²) in [5.41, 5.74) is 0.644. The van der Waals surface area contributed by atoms with Crippen molar-refractivity contribution in [2.45, 2.75) is 18.9 Å². The molecule has 3 saturated heterocycles. The summed E-state index contributed by atoms with van der Waals surface area (Å²) in [5, 5.41) is -0.332. The van der Waals surface area contributed by atoms with Gasteiger partial charge >= 0.3 is 0 Å². The Kier molecular flexibility index (Phi) is 6.05. The minimum atomic E-state index is -0.332. The number of likely N-dealkylation sites (tertiary alicyclic amines) is 1. The van der Waals surface area contributed by atoms with Crippen molar-refractivity contribution in [1.82, 2.24) is 14.7 Å². The number of imide groups is 1. The van der Waals surface area contributed by atoms with Crippen molar-refractivity contribution in [3.05, 3.63) is 30.1 Å². The lowest BCUT2D eigenvalue weighted by molar-refractivity contribution is -0.138. The molecule has 9 heteroatoms. The van der Waals surface area contributed by atoms with E-state index in [1.54, 1.807) is 11.0 Å². The topological polar surface area (TPSA) is 64.2 Å². The average molecular weight is 421 g/mol. The van der Waals surface area contributed by atoms with Crippen molar-refractivity contribution in [3.63, 3.8) is 0 Å². The quantitative estimate of drug-likeness (QED) is 0.738. The fraction of sp³-hybridized carbons (Fsp3) is 0.550. The van der Waals surface area contributed by atoms with Crippen LogP contribution in [0, 0.1) is 5.82 Å². The summed E-state index contributed by atoms with van der Waals surface area (Å²) in [4.78, 5) is 43.4. The smallest absolute Gasteiger partial charge is 0.289 e. The summed E-state index contributed by atoms with van der Waals surface area (Å²) in [6.07, 6.45) is 1.92. The van der Waals surface area contributed by atoms with Gasteiger partial charge in [-0.05, 0) is 25.0 Å². The van der Waals surface area contributed by atoms with Crippen molar-refractivity contribution >= 4 is 34.5 Å². The second kappa shape index (κ2) is 8.71. The van der Waals surface area contributed by atoms with Gasteiger partial charge in [0.2, 0.25) is 11.8 Å². The first-order valence-electron chi connectivity index (χ1n) is 10.0. The Morgan fingerprint density at radius 1 is 1.10 bits per heavy atom. The second-order valence-electron chi connectivity index (χ2n) is 7.64. The molecule has 1 aromatic carbocycles. The average Bonchev–Trinajstić information content (AvgIpc) is 3.06. The molecule has 0 aliphatic carbocycles. The first-order chi connectivity index (χ1) is 14.0. The molecule has 0 radical (unpaired) electrons. The number of para-hydroxylation sites is 1.